The highest BCUT2D eigenvalue weighted by Crippen LogP contribution is 2.37. The van der Waals surface area contributed by atoms with Gasteiger partial charge in [0.25, 0.3) is 17.7 Å². The number of aromatic nitrogens is 1. The highest BCUT2D eigenvalue weighted by molar-refractivity contribution is 6.22. The van der Waals surface area contributed by atoms with E-state index in [1.54, 1.807) is 6.92 Å². The van der Waals surface area contributed by atoms with Gasteiger partial charge in [0.1, 0.15) is 0 Å². The number of amides is 3. The second kappa shape index (κ2) is 9.92. The number of rotatable bonds is 6. The van der Waals surface area contributed by atoms with E-state index in [1.165, 1.54) is 12.1 Å². The first-order valence-electron chi connectivity index (χ1n) is 11.3. The lowest BCUT2D eigenvalue weighted by Gasteiger charge is -2.23. The second-order valence-electron chi connectivity index (χ2n) is 8.48. The van der Waals surface area contributed by atoms with Crippen LogP contribution in [0.2, 0.25) is 0 Å². The first-order chi connectivity index (χ1) is 17.8. The van der Waals surface area contributed by atoms with Crippen LogP contribution in [0.3, 0.4) is 0 Å². The fourth-order valence-electron chi connectivity index (χ4n) is 4.13. The van der Waals surface area contributed by atoms with Crippen LogP contribution in [0.5, 0.6) is 0 Å². The number of nitrogens with one attached hydrogen (secondary N) is 1. The van der Waals surface area contributed by atoms with Gasteiger partial charge in [-0.05, 0) is 54.4 Å². The topological polar surface area (TPSA) is 79.4 Å². The summed E-state index contributed by atoms with van der Waals surface area (Å²) in [7, 11) is 0. The summed E-state index contributed by atoms with van der Waals surface area (Å²) in [4.78, 5) is 43.1. The van der Waals surface area contributed by atoms with Gasteiger partial charge in [0.2, 0.25) is 0 Å². The molecule has 0 aliphatic carbocycles. The van der Waals surface area contributed by atoms with Crippen molar-refractivity contribution in [2.24, 2.45) is 0 Å². The molecule has 38 heavy (non-hydrogen) atoms. The normalized spacial score (nSPS) is 14.4. The molecule has 1 aliphatic heterocycles. The Hall–Kier alpha value is -4.22. The zero-order valence-corrected chi connectivity index (χ0v) is 19.7. The van der Waals surface area contributed by atoms with Crippen molar-refractivity contribution < 1.29 is 40.7 Å². The summed E-state index contributed by atoms with van der Waals surface area (Å²) in [6, 6.07) is 7.15. The molecule has 4 rings (SSSR count). The number of pyridine rings is 1. The molecule has 2 heterocycles. The van der Waals surface area contributed by atoms with Crippen LogP contribution >= 0.6 is 0 Å². The Morgan fingerprint density at radius 1 is 0.921 bits per heavy atom. The summed E-state index contributed by atoms with van der Waals surface area (Å²) >= 11 is 0. The van der Waals surface area contributed by atoms with Crippen LogP contribution in [0.4, 0.5) is 26.3 Å². The maximum Gasteiger partial charge on any atom is 0.418 e. The SMILES string of the molecule is CCCN1C(=O)c2ccc(C(=O)N[C@@H](c3ccc(C(F)(F)F)cc3)c3ncccc3C(F)(F)F)cc2C1=O. The van der Waals surface area contributed by atoms with Crippen LogP contribution in [0.25, 0.3) is 0 Å². The van der Waals surface area contributed by atoms with E-state index in [4.69, 9.17) is 0 Å². The predicted octanol–water partition coefficient (Wildman–Crippen LogP) is 5.64. The molecule has 0 spiro atoms. The van der Waals surface area contributed by atoms with E-state index in [0.717, 1.165) is 41.4 Å². The minimum atomic E-state index is -4.87. The Labute approximate surface area is 212 Å². The van der Waals surface area contributed by atoms with Crippen molar-refractivity contribution in [3.05, 3.63) is 99.9 Å². The minimum Gasteiger partial charge on any atom is -0.340 e. The largest absolute Gasteiger partial charge is 0.418 e. The van der Waals surface area contributed by atoms with Gasteiger partial charge >= 0.3 is 12.4 Å². The lowest BCUT2D eigenvalue weighted by atomic mass is 9.97. The molecular formula is C26H19F6N3O3. The molecule has 0 saturated carbocycles. The molecule has 0 bridgehead atoms. The first-order valence-corrected chi connectivity index (χ1v) is 11.3. The molecular weight excluding hydrogens is 516 g/mol. The van der Waals surface area contributed by atoms with Crippen LogP contribution in [0.15, 0.2) is 60.8 Å². The lowest BCUT2D eigenvalue weighted by molar-refractivity contribution is -0.139. The van der Waals surface area contributed by atoms with E-state index >= 15 is 0 Å². The lowest BCUT2D eigenvalue weighted by Crippen LogP contribution is -2.32. The molecule has 3 amide bonds. The predicted molar refractivity (Wildman–Crippen MR) is 122 cm³/mol. The molecule has 0 radical (unpaired) electrons. The van der Waals surface area contributed by atoms with Crippen molar-refractivity contribution in [2.75, 3.05) is 6.54 Å². The monoisotopic (exact) mass is 535 g/mol. The van der Waals surface area contributed by atoms with Crippen LogP contribution in [-0.2, 0) is 12.4 Å². The number of alkyl halides is 6. The maximum atomic E-state index is 13.8. The Kier molecular flexibility index (Phi) is 7.00. The number of carbonyl (C=O) groups excluding carboxylic acids is 3. The van der Waals surface area contributed by atoms with E-state index in [9.17, 15) is 40.7 Å². The van der Waals surface area contributed by atoms with Gasteiger partial charge in [-0.2, -0.15) is 26.3 Å². The molecule has 0 saturated heterocycles. The van der Waals surface area contributed by atoms with Crippen molar-refractivity contribution in [2.45, 2.75) is 31.7 Å². The molecule has 0 unspecified atom stereocenters. The highest BCUT2D eigenvalue weighted by Gasteiger charge is 2.38. The zero-order chi connectivity index (χ0) is 27.8. The number of fused-ring (bicyclic) bond motifs is 1. The van der Waals surface area contributed by atoms with E-state index in [0.29, 0.717) is 18.6 Å². The van der Waals surface area contributed by atoms with Gasteiger partial charge in [0.15, 0.2) is 0 Å². The number of halogens is 6. The van der Waals surface area contributed by atoms with Crippen molar-refractivity contribution >= 4 is 17.7 Å². The third-order valence-corrected chi connectivity index (χ3v) is 5.94. The van der Waals surface area contributed by atoms with Gasteiger partial charge in [-0.3, -0.25) is 24.3 Å². The van der Waals surface area contributed by atoms with Gasteiger partial charge in [0, 0.05) is 18.3 Å². The Bertz CT molecular complexity index is 1400. The third-order valence-electron chi connectivity index (χ3n) is 5.94. The molecule has 198 valence electrons. The van der Waals surface area contributed by atoms with E-state index in [1.807, 2.05) is 0 Å². The quantitative estimate of drug-likeness (QED) is 0.327. The van der Waals surface area contributed by atoms with Crippen molar-refractivity contribution in [3.8, 4) is 0 Å². The molecule has 1 N–H and O–H groups in total. The van der Waals surface area contributed by atoms with Crippen molar-refractivity contribution in [1.82, 2.24) is 15.2 Å². The highest BCUT2D eigenvalue weighted by atomic mass is 19.4. The Morgan fingerprint density at radius 3 is 2.18 bits per heavy atom. The molecule has 1 aromatic heterocycles. The van der Waals surface area contributed by atoms with E-state index in [2.05, 4.69) is 10.3 Å². The summed E-state index contributed by atoms with van der Waals surface area (Å²) < 4.78 is 80.4. The second-order valence-corrected chi connectivity index (χ2v) is 8.48. The van der Waals surface area contributed by atoms with Gasteiger partial charge in [0.05, 0.1) is 34.0 Å². The number of carbonyl (C=O) groups is 3. The van der Waals surface area contributed by atoms with Gasteiger partial charge in [-0.1, -0.05) is 19.1 Å². The average Bonchev–Trinajstić information content (AvgIpc) is 3.11. The molecule has 6 nitrogen and oxygen atoms in total. The summed E-state index contributed by atoms with van der Waals surface area (Å²) in [5.41, 5.74) is -3.01. The Morgan fingerprint density at radius 2 is 1.58 bits per heavy atom. The fraction of sp³-hybridized carbons (Fsp3) is 0.231. The van der Waals surface area contributed by atoms with Crippen LogP contribution < -0.4 is 5.32 Å². The molecule has 3 aromatic rings. The average molecular weight is 535 g/mol. The fourth-order valence-corrected chi connectivity index (χ4v) is 4.13. The summed E-state index contributed by atoms with van der Waals surface area (Å²) in [5.74, 6) is -2.06. The number of nitrogens with zero attached hydrogens (tertiary/aromatic N) is 2. The van der Waals surface area contributed by atoms with Crippen molar-refractivity contribution in [3.63, 3.8) is 0 Å². The molecule has 0 fully saturated rings. The summed E-state index contributed by atoms with van der Waals surface area (Å²) in [5, 5.41) is 2.40. The maximum absolute atomic E-state index is 13.8. The van der Waals surface area contributed by atoms with Crippen LogP contribution in [-0.4, -0.2) is 34.2 Å². The summed E-state index contributed by atoms with van der Waals surface area (Å²) in [6.45, 7) is 1.94. The minimum absolute atomic E-state index is 0.0315. The summed E-state index contributed by atoms with van der Waals surface area (Å²) in [6.07, 6.45) is -7.98. The molecule has 12 heteroatoms. The van der Waals surface area contributed by atoms with Gasteiger partial charge < -0.3 is 5.32 Å². The zero-order valence-electron chi connectivity index (χ0n) is 19.7. The standard InChI is InChI=1S/C26H19F6N3O3/c1-2-12-35-23(37)17-10-7-15(13-18(17)24(35)38)22(36)34-20(14-5-8-16(9-6-14)25(27,28)29)21-19(26(30,31)32)4-3-11-33-21/h3-11,13,20H,2,12H2,1H3,(H,34,36)/t20-/m0/s1. The van der Waals surface area contributed by atoms with E-state index < -0.39 is 52.9 Å². The Balaban J connectivity index is 1.74. The van der Waals surface area contributed by atoms with E-state index in [-0.39, 0.29) is 28.8 Å². The smallest absolute Gasteiger partial charge is 0.340 e. The number of imide groups is 1. The van der Waals surface area contributed by atoms with Gasteiger partial charge in [-0.25, -0.2) is 0 Å². The number of hydrogen-bond donors (Lipinski definition) is 1. The number of hydrogen-bond acceptors (Lipinski definition) is 4. The van der Waals surface area contributed by atoms with Crippen LogP contribution in [0, 0.1) is 0 Å². The van der Waals surface area contributed by atoms with Crippen molar-refractivity contribution in [1.29, 1.82) is 0 Å². The molecule has 1 atom stereocenters. The number of benzene rings is 2. The van der Waals surface area contributed by atoms with Crippen LogP contribution in [0.1, 0.15) is 72.8 Å². The van der Waals surface area contributed by atoms with Gasteiger partial charge in [-0.15, -0.1) is 0 Å². The molecule has 2 aromatic carbocycles. The molecule has 1 aliphatic rings. The first kappa shape index (κ1) is 26.8. The third kappa shape index (κ3) is 5.11.